The van der Waals surface area contributed by atoms with Gasteiger partial charge in [0, 0.05) is 18.6 Å². The van der Waals surface area contributed by atoms with Crippen molar-refractivity contribution in [2.24, 2.45) is 5.10 Å². The van der Waals surface area contributed by atoms with Crippen LogP contribution in [0.1, 0.15) is 24.2 Å². The number of carbonyl (C=O) groups is 2. The highest BCUT2D eigenvalue weighted by Crippen LogP contribution is 1.97. The Morgan fingerprint density at radius 2 is 1.88 bits per heavy atom. The fraction of sp³-hybridized carbons (Fsp3) is 0.188. The maximum atomic E-state index is 11.7. The van der Waals surface area contributed by atoms with Crippen LogP contribution in [-0.2, 0) is 4.79 Å². The Balaban J connectivity index is 2.40. The van der Waals surface area contributed by atoms with Crippen molar-refractivity contribution in [2.75, 3.05) is 6.54 Å². The van der Waals surface area contributed by atoms with Crippen molar-refractivity contribution >= 4 is 18.0 Å². The van der Waals surface area contributed by atoms with Gasteiger partial charge in [-0.15, -0.1) is 0 Å². The summed E-state index contributed by atoms with van der Waals surface area (Å²) in [6.45, 7) is 2.93. The molecule has 1 rings (SSSR count). The average molecular weight is 331 g/mol. The third kappa shape index (κ3) is 7.12. The highest BCUT2D eigenvalue weighted by molar-refractivity contribution is 5.96. The zero-order valence-electron chi connectivity index (χ0n) is 13.4. The van der Waals surface area contributed by atoms with E-state index in [0.717, 1.165) is 0 Å². The molecule has 0 heterocycles. The number of nitrogens with zero attached hydrogens (tertiary/aromatic N) is 2. The molecule has 0 fully saturated rings. The predicted octanol–water partition coefficient (Wildman–Crippen LogP) is 1.54. The van der Waals surface area contributed by atoms with E-state index >= 15 is 0 Å². The molecule has 8 heteroatoms. The SMILES string of the molecule is CC(/C=N/NC(=O)CNC(=O)c1ccccc1)=C\C=C(/C)[N+](=O)O. The number of nitrogens with one attached hydrogen (secondary N) is 2. The lowest BCUT2D eigenvalue weighted by Crippen LogP contribution is -2.34. The quantitative estimate of drug-likeness (QED) is 0.400. The molecule has 0 aromatic heterocycles. The molecular formula is C16H19N4O4+. The highest BCUT2D eigenvalue weighted by atomic mass is 16.6. The van der Waals surface area contributed by atoms with Crippen molar-refractivity contribution in [2.45, 2.75) is 13.8 Å². The van der Waals surface area contributed by atoms with Crippen LogP contribution in [0.4, 0.5) is 0 Å². The number of amides is 2. The van der Waals surface area contributed by atoms with Gasteiger partial charge in [-0.3, -0.25) is 9.59 Å². The Bertz CT molecular complexity index is 693. The fourth-order valence-corrected chi connectivity index (χ4v) is 1.46. The molecule has 0 spiro atoms. The van der Waals surface area contributed by atoms with Crippen LogP contribution in [0.5, 0.6) is 0 Å². The van der Waals surface area contributed by atoms with Gasteiger partial charge in [-0.05, 0) is 24.6 Å². The van der Waals surface area contributed by atoms with Crippen molar-refractivity contribution in [1.82, 2.24) is 10.7 Å². The number of rotatable bonds is 7. The number of benzene rings is 1. The number of allylic oxidation sites excluding steroid dienone is 4. The van der Waals surface area contributed by atoms with Crippen LogP contribution in [0.15, 0.2) is 58.9 Å². The second-order valence-corrected chi connectivity index (χ2v) is 4.83. The monoisotopic (exact) mass is 331 g/mol. The van der Waals surface area contributed by atoms with Crippen molar-refractivity contribution in [3.05, 3.63) is 64.2 Å². The first-order valence-electron chi connectivity index (χ1n) is 7.06. The maximum Gasteiger partial charge on any atom is 0.290 e. The summed E-state index contributed by atoms with van der Waals surface area (Å²) in [5.74, 6) is -0.825. The van der Waals surface area contributed by atoms with Crippen LogP contribution in [0, 0.1) is 4.91 Å². The molecule has 0 bridgehead atoms. The van der Waals surface area contributed by atoms with Gasteiger partial charge in [0.25, 0.3) is 22.4 Å². The summed E-state index contributed by atoms with van der Waals surface area (Å²) in [6.07, 6.45) is 4.31. The molecule has 0 aliphatic carbocycles. The van der Waals surface area contributed by atoms with Crippen LogP contribution < -0.4 is 10.7 Å². The van der Waals surface area contributed by atoms with Crippen LogP contribution >= 0.6 is 0 Å². The second kappa shape index (κ2) is 9.67. The van der Waals surface area contributed by atoms with E-state index in [2.05, 4.69) is 15.8 Å². The van der Waals surface area contributed by atoms with Crippen LogP contribution in [0.3, 0.4) is 0 Å². The normalized spacial score (nSPS) is 12.1. The first-order valence-corrected chi connectivity index (χ1v) is 7.06. The molecule has 3 N–H and O–H groups in total. The first kappa shape index (κ1) is 18.8. The molecule has 0 aliphatic rings. The summed E-state index contributed by atoms with van der Waals surface area (Å²) in [6, 6.07) is 8.54. The number of carbonyl (C=O) groups excluding carboxylic acids is 2. The van der Waals surface area contributed by atoms with E-state index < -0.39 is 5.91 Å². The number of hydrazone groups is 1. The molecule has 24 heavy (non-hydrogen) atoms. The van der Waals surface area contributed by atoms with Crippen LogP contribution in [-0.4, -0.2) is 34.7 Å². The van der Waals surface area contributed by atoms with Gasteiger partial charge in [-0.1, -0.05) is 24.3 Å². The molecule has 0 aliphatic heterocycles. The van der Waals surface area contributed by atoms with Gasteiger partial charge < -0.3 is 5.32 Å². The largest absolute Gasteiger partial charge is 0.343 e. The van der Waals surface area contributed by atoms with Crippen molar-refractivity contribution < 1.29 is 19.7 Å². The van der Waals surface area contributed by atoms with Gasteiger partial charge in [0.05, 0.1) is 17.7 Å². The van der Waals surface area contributed by atoms with Gasteiger partial charge in [-0.2, -0.15) is 5.10 Å². The summed E-state index contributed by atoms with van der Waals surface area (Å²) in [5.41, 5.74) is 3.48. The minimum atomic E-state index is -0.476. The standard InChI is InChI=1S/C16H18N4O4/c1-12(8-9-13(2)20(23)24)10-18-19-15(21)11-17-16(22)14-6-4-3-5-7-14/h3-10H,11H2,1-2H3,(H2-,17,19,21,22,23,24)/p+1/b12-8+,13-9+,18-10+. The lowest BCUT2D eigenvalue weighted by molar-refractivity contribution is -0.754. The number of hydrogen-bond acceptors (Lipinski definition) is 4. The zero-order chi connectivity index (χ0) is 17.9. The molecule has 0 unspecified atom stereocenters. The molecule has 0 atom stereocenters. The Hall–Kier alpha value is -3.29. The Morgan fingerprint density at radius 1 is 1.21 bits per heavy atom. The van der Waals surface area contributed by atoms with E-state index in [0.29, 0.717) is 11.1 Å². The third-order valence-electron chi connectivity index (χ3n) is 2.79. The van der Waals surface area contributed by atoms with Gasteiger partial charge in [0.1, 0.15) is 0 Å². The van der Waals surface area contributed by atoms with E-state index in [4.69, 9.17) is 5.21 Å². The van der Waals surface area contributed by atoms with Gasteiger partial charge in [0.15, 0.2) is 0 Å². The summed E-state index contributed by atoms with van der Waals surface area (Å²) in [7, 11) is 0. The smallest absolute Gasteiger partial charge is 0.290 e. The molecule has 0 radical (unpaired) electrons. The van der Waals surface area contributed by atoms with Crippen LogP contribution in [0.2, 0.25) is 0 Å². The van der Waals surface area contributed by atoms with E-state index in [1.54, 1.807) is 43.3 Å². The third-order valence-corrected chi connectivity index (χ3v) is 2.79. The summed E-state index contributed by atoms with van der Waals surface area (Å²) >= 11 is 0. The zero-order valence-corrected chi connectivity index (χ0v) is 13.4. The molecule has 0 saturated heterocycles. The molecule has 2 amide bonds. The Labute approximate surface area is 139 Å². The van der Waals surface area contributed by atoms with E-state index in [-0.39, 0.29) is 23.1 Å². The Kier molecular flexibility index (Phi) is 7.56. The maximum absolute atomic E-state index is 11.7. The first-order chi connectivity index (χ1) is 11.4. The predicted molar refractivity (Wildman–Crippen MR) is 88.3 cm³/mol. The van der Waals surface area contributed by atoms with Crippen LogP contribution in [0.25, 0.3) is 0 Å². The van der Waals surface area contributed by atoms with Crippen molar-refractivity contribution in [3.63, 3.8) is 0 Å². The molecule has 1 aromatic carbocycles. The summed E-state index contributed by atoms with van der Waals surface area (Å²) in [5, 5.41) is 14.8. The van der Waals surface area contributed by atoms with E-state index in [1.165, 1.54) is 19.2 Å². The molecule has 1 aromatic rings. The van der Waals surface area contributed by atoms with E-state index in [9.17, 15) is 14.5 Å². The average Bonchev–Trinajstić information content (AvgIpc) is 2.58. The molecule has 8 nitrogen and oxygen atoms in total. The fourth-order valence-electron chi connectivity index (χ4n) is 1.46. The Morgan fingerprint density at radius 3 is 2.50 bits per heavy atom. The van der Waals surface area contributed by atoms with Gasteiger partial charge >= 0.3 is 0 Å². The lowest BCUT2D eigenvalue weighted by Gasteiger charge is -2.03. The minimum Gasteiger partial charge on any atom is -0.343 e. The topological polar surface area (TPSA) is 111 Å². The highest BCUT2D eigenvalue weighted by Gasteiger charge is 2.07. The van der Waals surface area contributed by atoms with Gasteiger partial charge in [0.2, 0.25) is 0 Å². The lowest BCUT2D eigenvalue weighted by atomic mass is 10.2. The number of hydrogen-bond donors (Lipinski definition) is 3. The second-order valence-electron chi connectivity index (χ2n) is 4.83. The van der Waals surface area contributed by atoms with E-state index in [1.807, 2.05) is 0 Å². The summed E-state index contributed by atoms with van der Waals surface area (Å²) in [4.78, 5) is 33.6. The minimum absolute atomic E-state index is 0.107. The molecule has 126 valence electrons. The molecular weight excluding hydrogens is 312 g/mol. The van der Waals surface area contributed by atoms with Crippen molar-refractivity contribution in [1.29, 1.82) is 0 Å². The van der Waals surface area contributed by atoms with Gasteiger partial charge in [-0.25, -0.2) is 10.6 Å². The van der Waals surface area contributed by atoms with Crippen molar-refractivity contribution in [3.8, 4) is 0 Å². The molecule has 0 saturated carbocycles. The summed E-state index contributed by atoms with van der Waals surface area (Å²) < 4.78 is 0.